The second-order valence-corrected chi connectivity index (χ2v) is 10.6. The lowest BCUT2D eigenvalue weighted by Crippen LogP contribution is -2.42. The van der Waals surface area contributed by atoms with Gasteiger partial charge in [-0.15, -0.1) is 10.2 Å². The summed E-state index contributed by atoms with van der Waals surface area (Å²) in [6, 6.07) is 13.3. The van der Waals surface area contributed by atoms with Crippen molar-refractivity contribution in [2.75, 3.05) is 23.8 Å². The van der Waals surface area contributed by atoms with Gasteiger partial charge in [-0.3, -0.25) is 9.36 Å². The van der Waals surface area contributed by atoms with Crippen LogP contribution in [0.25, 0.3) is 11.6 Å². The molecule has 1 saturated heterocycles. The third-order valence-corrected chi connectivity index (χ3v) is 7.98. The summed E-state index contributed by atoms with van der Waals surface area (Å²) in [7, 11) is -3.05. The SMILES string of the molecule is CCN(C(=O)CSc1nnc(-c2ccco2)n1Cc1ccccc1)[C@H]1CCS(=O)(=O)C1. The van der Waals surface area contributed by atoms with Crippen molar-refractivity contribution in [3.05, 3.63) is 54.3 Å². The predicted octanol–water partition coefficient (Wildman–Crippen LogP) is 2.71. The Morgan fingerprint density at radius 1 is 1.23 bits per heavy atom. The maximum Gasteiger partial charge on any atom is 0.233 e. The standard InChI is InChI=1S/C21H24N4O4S2/c1-2-24(17-10-12-31(27,28)15-17)19(26)14-30-21-23-22-20(18-9-6-11-29-18)25(21)13-16-7-4-3-5-8-16/h3-9,11,17H,2,10,12-15H2,1H3/t17-/m0/s1. The van der Waals surface area contributed by atoms with Gasteiger partial charge in [-0.05, 0) is 31.0 Å². The van der Waals surface area contributed by atoms with E-state index < -0.39 is 9.84 Å². The van der Waals surface area contributed by atoms with E-state index in [0.717, 1.165) is 5.56 Å². The van der Waals surface area contributed by atoms with Crippen molar-refractivity contribution in [1.82, 2.24) is 19.7 Å². The van der Waals surface area contributed by atoms with Crippen LogP contribution in [-0.2, 0) is 21.2 Å². The maximum absolute atomic E-state index is 12.9. The number of furan rings is 1. The number of carbonyl (C=O) groups excluding carboxylic acids is 1. The molecule has 164 valence electrons. The molecule has 1 amide bonds. The lowest BCUT2D eigenvalue weighted by Gasteiger charge is -2.26. The minimum atomic E-state index is -3.05. The minimum absolute atomic E-state index is 0.0457. The van der Waals surface area contributed by atoms with Crippen LogP contribution < -0.4 is 0 Å². The number of carbonyl (C=O) groups is 1. The van der Waals surface area contributed by atoms with E-state index in [2.05, 4.69) is 10.2 Å². The summed E-state index contributed by atoms with van der Waals surface area (Å²) in [6.07, 6.45) is 2.08. The second-order valence-electron chi connectivity index (χ2n) is 7.38. The summed E-state index contributed by atoms with van der Waals surface area (Å²) < 4.78 is 31.1. The van der Waals surface area contributed by atoms with E-state index in [1.807, 2.05) is 47.9 Å². The Hall–Kier alpha value is -2.59. The number of nitrogens with zero attached hydrogens (tertiary/aromatic N) is 4. The highest BCUT2D eigenvalue weighted by molar-refractivity contribution is 7.99. The first-order valence-corrected chi connectivity index (χ1v) is 12.9. The van der Waals surface area contributed by atoms with Gasteiger partial charge >= 0.3 is 0 Å². The van der Waals surface area contributed by atoms with Crippen molar-refractivity contribution in [1.29, 1.82) is 0 Å². The first-order valence-electron chi connectivity index (χ1n) is 10.1. The highest BCUT2D eigenvalue weighted by Gasteiger charge is 2.34. The van der Waals surface area contributed by atoms with E-state index in [-0.39, 0.29) is 29.2 Å². The number of amides is 1. The van der Waals surface area contributed by atoms with Crippen LogP contribution in [0.15, 0.2) is 58.3 Å². The fourth-order valence-corrected chi connectivity index (χ4v) is 6.32. The third kappa shape index (κ3) is 5.01. The first-order chi connectivity index (χ1) is 15.0. The van der Waals surface area contributed by atoms with Crippen molar-refractivity contribution in [2.24, 2.45) is 0 Å². The third-order valence-electron chi connectivity index (χ3n) is 5.28. The molecular formula is C21H24N4O4S2. The van der Waals surface area contributed by atoms with Gasteiger partial charge in [0.25, 0.3) is 0 Å². The molecule has 0 aliphatic carbocycles. The lowest BCUT2D eigenvalue weighted by atomic mass is 10.2. The van der Waals surface area contributed by atoms with E-state index in [0.29, 0.717) is 36.3 Å². The zero-order valence-electron chi connectivity index (χ0n) is 17.2. The molecular weight excluding hydrogens is 436 g/mol. The molecule has 4 rings (SSSR count). The largest absolute Gasteiger partial charge is 0.461 e. The topological polar surface area (TPSA) is 98.3 Å². The number of sulfone groups is 1. The summed E-state index contributed by atoms with van der Waals surface area (Å²) in [5.41, 5.74) is 1.08. The van der Waals surface area contributed by atoms with E-state index in [9.17, 15) is 13.2 Å². The summed E-state index contributed by atoms with van der Waals surface area (Å²) in [5, 5.41) is 9.19. The van der Waals surface area contributed by atoms with Gasteiger partial charge in [-0.2, -0.15) is 0 Å². The van der Waals surface area contributed by atoms with Gasteiger partial charge in [0, 0.05) is 12.6 Å². The van der Waals surface area contributed by atoms with Crippen LogP contribution in [0.2, 0.25) is 0 Å². The Kier molecular flexibility index (Phi) is 6.47. The number of benzene rings is 1. The molecule has 0 spiro atoms. The normalized spacial score (nSPS) is 17.6. The molecule has 1 aromatic carbocycles. The quantitative estimate of drug-likeness (QED) is 0.477. The number of hydrogen-bond acceptors (Lipinski definition) is 7. The van der Waals surface area contributed by atoms with Crippen LogP contribution in [0.4, 0.5) is 0 Å². The molecule has 0 N–H and O–H groups in total. The van der Waals surface area contributed by atoms with Crippen LogP contribution in [-0.4, -0.2) is 63.8 Å². The number of thioether (sulfide) groups is 1. The molecule has 3 heterocycles. The fraction of sp³-hybridized carbons (Fsp3) is 0.381. The molecule has 10 heteroatoms. The molecule has 0 saturated carbocycles. The molecule has 8 nitrogen and oxygen atoms in total. The van der Waals surface area contributed by atoms with Gasteiger partial charge in [-0.1, -0.05) is 42.1 Å². The summed E-state index contributed by atoms with van der Waals surface area (Å²) in [4.78, 5) is 14.6. The highest BCUT2D eigenvalue weighted by atomic mass is 32.2. The van der Waals surface area contributed by atoms with Gasteiger partial charge in [0.2, 0.25) is 11.7 Å². The van der Waals surface area contributed by atoms with Crippen molar-refractivity contribution in [3.63, 3.8) is 0 Å². The maximum atomic E-state index is 12.9. The summed E-state index contributed by atoms with van der Waals surface area (Å²) in [6.45, 7) is 2.90. The first kappa shape index (κ1) is 21.6. The monoisotopic (exact) mass is 460 g/mol. The molecule has 1 aliphatic rings. The number of hydrogen-bond donors (Lipinski definition) is 0. The smallest absolute Gasteiger partial charge is 0.233 e. The Balaban J connectivity index is 1.52. The lowest BCUT2D eigenvalue weighted by molar-refractivity contribution is -0.129. The van der Waals surface area contributed by atoms with Crippen molar-refractivity contribution < 1.29 is 17.6 Å². The zero-order chi connectivity index (χ0) is 21.8. The van der Waals surface area contributed by atoms with Gasteiger partial charge in [0.1, 0.15) is 0 Å². The molecule has 3 aromatic rings. The molecule has 31 heavy (non-hydrogen) atoms. The van der Waals surface area contributed by atoms with Crippen LogP contribution in [0, 0.1) is 0 Å². The van der Waals surface area contributed by atoms with E-state index >= 15 is 0 Å². The van der Waals surface area contributed by atoms with Gasteiger partial charge < -0.3 is 9.32 Å². The molecule has 1 atom stereocenters. The molecule has 2 aromatic heterocycles. The summed E-state index contributed by atoms with van der Waals surface area (Å²) >= 11 is 1.30. The Morgan fingerprint density at radius 2 is 2.03 bits per heavy atom. The van der Waals surface area contributed by atoms with Gasteiger partial charge in [-0.25, -0.2) is 8.42 Å². The van der Waals surface area contributed by atoms with Crippen molar-refractivity contribution >= 4 is 27.5 Å². The molecule has 0 bridgehead atoms. The number of aromatic nitrogens is 3. The van der Waals surface area contributed by atoms with E-state index in [1.54, 1.807) is 17.2 Å². The van der Waals surface area contributed by atoms with Crippen LogP contribution in [0.5, 0.6) is 0 Å². The average molecular weight is 461 g/mol. The summed E-state index contributed by atoms with van der Waals surface area (Å²) in [5.74, 6) is 1.46. The Labute approximate surface area is 185 Å². The average Bonchev–Trinajstić information content (AvgIpc) is 3.48. The molecule has 1 fully saturated rings. The molecule has 0 unspecified atom stereocenters. The zero-order valence-corrected chi connectivity index (χ0v) is 18.8. The highest BCUT2D eigenvalue weighted by Crippen LogP contribution is 2.26. The van der Waals surface area contributed by atoms with Crippen LogP contribution in [0.1, 0.15) is 18.9 Å². The van der Waals surface area contributed by atoms with E-state index in [1.165, 1.54) is 11.8 Å². The Bertz CT molecular complexity index is 1130. The molecule has 1 aliphatic heterocycles. The molecule has 0 radical (unpaired) electrons. The number of rotatable bonds is 8. The van der Waals surface area contributed by atoms with Gasteiger partial charge in [0.15, 0.2) is 20.8 Å². The predicted molar refractivity (Wildman–Crippen MR) is 118 cm³/mol. The van der Waals surface area contributed by atoms with Crippen molar-refractivity contribution in [2.45, 2.75) is 31.1 Å². The fourth-order valence-electron chi connectivity index (χ4n) is 3.76. The van der Waals surface area contributed by atoms with Crippen LogP contribution in [0.3, 0.4) is 0 Å². The van der Waals surface area contributed by atoms with Gasteiger partial charge in [0.05, 0.1) is 30.1 Å². The van der Waals surface area contributed by atoms with Crippen LogP contribution >= 0.6 is 11.8 Å². The van der Waals surface area contributed by atoms with E-state index in [4.69, 9.17) is 4.42 Å². The Morgan fingerprint density at radius 3 is 2.68 bits per heavy atom. The van der Waals surface area contributed by atoms with Crippen molar-refractivity contribution in [3.8, 4) is 11.6 Å². The minimum Gasteiger partial charge on any atom is -0.461 e. The second kappa shape index (κ2) is 9.27.